The minimum Gasteiger partial charge on any atom is -0.378 e. The first-order valence-corrected chi connectivity index (χ1v) is 10.0. The first kappa shape index (κ1) is 18.2. The summed E-state index contributed by atoms with van der Waals surface area (Å²) in [5, 5.41) is 13.1. The molecule has 2 aliphatic carbocycles. The Morgan fingerprint density at radius 3 is 2.84 bits per heavy atom. The van der Waals surface area contributed by atoms with E-state index in [0.29, 0.717) is 12.6 Å². The lowest BCUT2D eigenvalue weighted by atomic mass is 9.94. The zero-order chi connectivity index (χ0) is 17.3. The molecule has 2 amide bonds. The van der Waals surface area contributed by atoms with Crippen LogP contribution in [-0.4, -0.2) is 35.5 Å². The number of nitrogens with zero attached hydrogens (tertiary/aromatic N) is 1. The fourth-order valence-corrected chi connectivity index (χ4v) is 3.90. The number of rotatable bonds is 7. The van der Waals surface area contributed by atoms with E-state index in [1.54, 1.807) is 0 Å². The molecular weight excluding hydrogens is 316 g/mol. The smallest absolute Gasteiger partial charge is 0.315 e. The number of H-pyrrole nitrogens is 1. The summed E-state index contributed by atoms with van der Waals surface area (Å²) < 4.78 is 5.98. The van der Waals surface area contributed by atoms with Gasteiger partial charge in [0.25, 0.3) is 0 Å². The van der Waals surface area contributed by atoms with Gasteiger partial charge in [0.15, 0.2) is 0 Å². The van der Waals surface area contributed by atoms with Gasteiger partial charge in [0.2, 0.25) is 0 Å². The van der Waals surface area contributed by atoms with Gasteiger partial charge in [0.05, 0.1) is 24.0 Å². The van der Waals surface area contributed by atoms with E-state index in [0.717, 1.165) is 44.4 Å². The van der Waals surface area contributed by atoms with Crippen molar-refractivity contribution in [3.05, 3.63) is 17.5 Å². The fourth-order valence-electron chi connectivity index (χ4n) is 3.90. The van der Waals surface area contributed by atoms with Gasteiger partial charge in [-0.15, -0.1) is 0 Å². The summed E-state index contributed by atoms with van der Waals surface area (Å²) in [6.07, 6.45) is 15.2. The summed E-state index contributed by atoms with van der Waals surface area (Å²) in [5.41, 5.74) is 2.30. The molecule has 0 saturated heterocycles. The number of aromatic amines is 1. The molecule has 1 aromatic heterocycles. The number of carbonyl (C=O) groups excluding carboxylic acids is 1. The minimum atomic E-state index is -0.0860. The molecule has 1 unspecified atom stereocenters. The third-order valence-corrected chi connectivity index (χ3v) is 5.36. The van der Waals surface area contributed by atoms with Crippen LogP contribution in [0.5, 0.6) is 0 Å². The van der Waals surface area contributed by atoms with Gasteiger partial charge < -0.3 is 15.4 Å². The Morgan fingerprint density at radius 2 is 2.00 bits per heavy atom. The van der Waals surface area contributed by atoms with Crippen LogP contribution in [0.4, 0.5) is 4.79 Å². The van der Waals surface area contributed by atoms with E-state index < -0.39 is 0 Å². The van der Waals surface area contributed by atoms with Crippen LogP contribution >= 0.6 is 0 Å². The van der Waals surface area contributed by atoms with Gasteiger partial charge in [-0.2, -0.15) is 5.10 Å². The monoisotopic (exact) mass is 348 g/mol. The van der Waals surface area contributed by atoms with Gasteiger partial charge in [0.1, 0.15) is 0 Å². The highest BCUT2D eigenvalue weighted by Crippen LogP contribution is 2.27. The minimum absolute atomic E-state index is 0.0600. The second-order valence-electron chi connectivity index (χ2n) is 7.35. The van der Waals surface area contributed by atoms with Crippen molar-refractivity contribution < 1.29 is 9.53 Å². The quantitative estimate of drug-likeness (QED) is 0.520. The summed E-state index contributed by atoms with van der Waals surface area (Å²) in [6.45, 7) is 1.51. The van der Waals surface area contributed by atoms with Crippen molar-refractivity contribution in [2.45, 2.75) is 82.8 Å². The van der Waals surface area contributed by atoms with Gasteiger partial charge in [-0.3, -0.25) is 5.10 Å². The zero-order valence-electron chi connectivity index (χ0n) is 15.2. The van der Waals surface area contributed by atoms with Crippen LogP contribution in [0.1, 0.15) is 81.5 Å². The highest BCUT2D eigenvalue weighted by Gasteiger charge is 2.23. The van der Waals surface area contributed by atoms with E-state index in [4.69, 9.17) is 4.74 Å². The van der Waals surface area contributed by atoms with Crippen molar-refractivity contribution >= 4 is 6.03 Å². The summed E-state index contributed by atoms with van der Waals surface area (Å²) in [6, 6.07) is -0.0260. The molecule has 0 aliphatic heterocycles. The number of hydrogen-bond acceptors (Lipinski definition) is 3. The maximum absolute atomic E-state index is 12.1. The molecule has 1 heterocycles. The molecule has 25 heavy (non-hydrogen) atoms. The molecule has 3 N–H and O–H groups in total. The molecule has 0 radical (unpaired) electrons. The fraction of sp³-hybridized carbons (Fsp3) is 0.789. The maximum atomic E-state index is 12.1. The normalized spacial score (nSPS) is 21.4. The van der Waals surface area contributed by atoms with E-state index in [1.165, 1.54) is 44.1 Å². The Bertz CT molecular complexity index is 523. The highest BCUT2D eigenvalue weighted by molar-refractivity contribution is 5.74. The average molecular weight is 348 g/mol. The van der Waals surface area contributed by atoms with E-state index in [1.807, 2.05) is 6.20 Å². The lowest BCUT2D eigenvalue weighted by Crippen LogP contribution is -2.39. The summed E-state index contributed by atoms with van der Waals surface area (Å²) in [7, 11) is 0. The zero-order valence-corrected chi connectivity index (χ0v) is 15.2. The van der Waals surface area contributed by atoms with Crippen LogP contribution in [0.2, 0.25) is 0 Å². The number of unbranched alkanes of at least 4 members (excludes halogenated alkanes) is 1. The van der Waals surface area contributed by atoms with Gasteiger partial charge in [-0.25, -0.2) is 4.79 Å². The largest absolute Gasteiger partial charge is 0.378 e. The first-order chi connectivity index (χ1) is 12.3. The summed E-state index contributed by atoms with van der Waals surface area (Å²) >= 11 is 0. The number of ether oxygens (including phenoxy) is 1. The number of nitrogens with one attached hydrogen (secondary N) is 3. The third-order valence-electron chi connectivity index (χ3n) is 5.36. The molecule has 6 heteroatoms. The second-order valence-corrected chi connectivity index (χ2v) is 7.35. The lowest BCUT2D eigenvalue weighted by Gasteiger charge is -2.23. The average Bonchev–Trinajstić information content (AvgIpc) is 2.95. The Kier molecular flexibility index (Phi) is 7.15. The molecule has 0 spiro atoms. The number of hydrogen-bond donors (Lipinski definition) is 3. The molecule has 1 atom stereocenters. The molecular formula is C19H32N4O2. The van der Waals surface area contributed by atoms with Crippen LogP contribution in [0.15, 0.2) is 6.20 Å². The van der Waals surface area contributed by atoms with Crippen LogP contribution < -0.4 is 10.6 Å². The number of urea groups is 1. The van der Waals surface area contributed by atoms with Gasteiger partial charge in [-0.05, 0) is 50.5 Å². The third kappa shape index (κ3) is 5.73. The topological polar surface area (TPSA) is 79.0 Å². The number of aromatic nitrogens is 2. The number of aryl methyl sites for hydroxylation is 1. The number of carbonyl (C=O) groups is 1. The van der Waals surface area contributed by atoms with Crippen molar-refractivity contribution in [3.63, 3.8) is 0 Å². The van der Waals surface area contributed by atoms with Crippen LogP contribution in [0.3, 0.4) is 0 Å². The molecule has 140 valence electrons. The predicted octanol–water partition coefficient (Wildman–Crippen LogP) is 3.61. The van der Waals surface area contributed by atoms with E-state index >= 15 is 0 Å². The van der Waals surface area contributed by atoms with Crippen molar-refractivity contribution in [2.24, 2.45) is 0 Å². The van der Waals surface area contributed by atoms with Crippen molar-refractivity contribution in [1.29, 1.82) is 0 Å². The van der Waals surface area contributed by atoms with E-state index in [-0.39, 0.29) is 12.1 Å². The van der Waals surface area contributed by atoms with Crippen molar-refractivity contribution in [1.82, 2.24) is 20.8 Å². The van der Waals surface area contributed by atoms with Gasteiger partial charge in [0, 0.05) is 13.2 Å². The molecule has 1 aromatic rings. The SMILES string of the molecule is O=C(NCCCCOC1CCCCCC1)NC1CCCc2cn[nH]c21. The predicted molar refractivity (Wildman–Crippen MR) is 97.5 cm³/mol. The standard InChI is InChI=1S/C19H32N4O2/c24-19(22-17-11-7-8-15-14-21-23-18(15)17)20-12-5-6-13-25-16-9-3-1-2-4-10-16/h14,16-17H,1-13H2,(H,21,23)(H2,20,22,24). The summed E-state index contributed by atoms with van der Waals surface area (Å²) in [4.78, 5) is 12.1. The molecule has 1 fully saturated rings. The maximum Gasteiger partial charge on any atom is 0.315 e. The molecule has 2 aliphatic rings. The molecule has 6 nitrogen and oxygen atoms in total. The molecule has 1 saturated carbocycles. The number of fused-ring (bicyclic) bond motifs is 1. The van der Waals surface area contributed by atoms with Gasteiger partial charge in [-0.1, -0.05) is 25.7 Å². The molecule has 0 bridgehead atoms. The highest BCUT2D eigenvalue weighted by atomic mass is 16.5. The second kappa shape index (κ2) is 9.80. The molecule has 0 aromatic carbocycles. The van der Waals surface area contributed by atoms with Crippen LogP contribution in [0.25, 0.3) is 0 Å². The van der Waals surface area contributed by atoms with Gasteiger partial charge >= 0.3 is 6.03 Å². The Hall–Kier alpha value is -1.56. The lowest BCUT2D eigenvalue weighted by molar-refractivity contribution is 0.0411. The van der Waals surface area contributed by atoms with E-state index in [2.05, 4.69) is 20.8 Å². The van der Waals surface area contributed by atoms with E-state index in [9.17, 15) is 4.79 Å². The summed E-state index contributed by atoms with van der Waals surface area (Å²) in [5.74, 6) is 0. The van der Waals surface area contributed by atoms with Crippen LogP contribution in [0, 0.1) is 0 Å². The Balaban J connectivity index is 1.25. The molecule has 3 rings (SSSR count). The first-order valence-electron chi connectivity index (χ1n) is 10.0. The Labute approximate surface area is 150 Å². The van der Waals surface area contributed by atoms with Crippen molar-refractivity contribution in [2.75, 3.05) is 13.2 Å². The van der Waals surface area contributed by atoms with Crippen LogP contribution in [-0.2, 0) is 11.2 Å². The number of amides is 2. The Morgan fingerprint density at radius 1 is 1.16 bits per heavy atom. The van der Waals surface area contributed by atoms with Crippen molar-refractivity contribution in [3.8, 4) is 0 Å².